The molecule has 5 rings (SSSR count). The van der Waals surface area contributed by atoms with E-state index in [1.165, 1.54) is 28.0 Å². The van der Waals surface area contributed by atoms with Crippen LogP contribution in [0.2, 0.25) is 0 Å². The van der Waals surface area contributed by atoms with E-state index in [-0.39, 0.29) is 29.8 Å². The van der Waals surface area contributed by atoms with E-state index in [2.05, 4.69) is 18.8 Å². The second kappa shape index (κ2) is 11.8. The van der Waals surface area contributed by atoms with Gasteiger partial charge in [0.1, 0.15) is 9.83 Å². The van der Waals surface area contributed by atoms with Crippen molar-refractivity contribution in [1.82, 2.24) is 9.55 Å². The number of ether oxygens (including phenoxy) is 1. The first kappa shape index (κ1) is 27.1. The first-order valence-electron chi connectivity index (χ1n) is 13.3. The predicted octanol–water partition coefficient (Wildman–Crippen LogP) is 6.01. The van der Waals surface area contributed by atoms with Crippen molar-refractivity contribution in [3.8, 4) is 0 Å². The maximum Gasteiger partial charge on any atom is 0.341 e. The van der Waals surface area contributed by atoms with Crippen molar-refractivity contribution >= 4 is 61.5 Å². The van der Waals surface area contributed by atoms with Crippen LogP contribution in [-0.2, 0) is 41.8 Å². The molecule has 1 atom stereocenters. The third-order valence-corrected chi connectivity index (χ3v) is 10.5. The van der Waals surface area contributed by atoms with Crippen LogP contribution in [0.15, 0.2) is 22.6 Å². The molecular formula is C28H33N3O4S3. The van der Waals surface area contributed by atoms with Crippen LogP contribution in [0.1, 0.15) is 70.8 Å². The average Bonchev–Trinajstić information content (AvgIpc) is 3.32. The molecule has 7 nitrogen and oxygen atoms in total. The van der Waals surface area contributed by atoms with Crippen molar-refractivity contribution in [2.45, 2.75) is 76.9 Å². The molecule has 0 spiro atoms. The Balaban J connectivity index is 1.39. The number of esters is 1. The minimum absolute atomic E-state index is 0.0588. The molecule has 1 unspecified atom stereocenters. The Bertz CT molecular complexity index is 1450. The fourth-order valence-corrected chi connectivity index (χ4v) is 8.87. The van der Waals surface area contributed by atoms with Crippen molar-refractivity contribution in [3.05, 3.63) is 49.5 Å². The summed E-state index contributed by atoms with van der Waals surface area (Å²) in [6.45, 7) is 8.47. The topological polar surface area (TPSA) is 90.3 Å². The number of aryl methyl sites for hydroxylation is 2. The highest BCUT2D eigenvalue weighted by Gasteiger charge is 2.28. The van der Waals surface area contributed by atoms with Crippen molar-refractivity contribution in [2.75, 3.05) is 17.7 Å². The van der Waals surface area contributed by atoms with E-state index in [9.17, 15) is 14.4 Å². The number of thiophene rings is 2. The lowest BCUT2D eigenvalue weighted by Crippen LogP contribution is -2.24. The highest BCUT2D eigenvalue weighted by atomic mass is 32.2. The highest BCUT2D eigenvalue weighted by molar-refractivity contribution is 7.99. The van der Waals surface area contributed by atoms with Gasteiger partial charge in [-0.2, -0.15) is 0 Å². The predicted molar refractivity (Wildman–Crippen MR) is 156 cm³/mol. The van der Waals surface area contributed by atoms with Gasteiger partial charge in [0, 0.05) is 16.3 Å². The van der Waals surface area contributed by atoms with Crippen molar-refractivity contribution in [3.63, 3.8) is 0 Å². The highest BCUT2D eigenvalue weighted by Crippen LogP contribution is 2.39. The van der Waals surface area contributed by atoms with Crippen molar-refractivity contribution in [2.24, 2.45) is 5.92 Å². The maximum absolute atomic E-state index is 13.5. The van der Waals surface area contributed by atoms with E-state index in [1.807, 2.05) is 0 Å². The lowest BCUT2D eigenvalue weighted by Gasteiger charge is -2.17. The van der Waals surface area contributed by atoms with Crippen LogP contribution in [0.25, 0.3) is 10.2 Å². The summed E-state index contributed by atoms with van der Waals surface area (Å²) in [5.74, 6) is 0.0611. The molecule has 202 valence electrons. The zero-order valence-electron chi connectivity index (χ0n) is 21.9. The summed E-state index contributed by atoms with van der Waals surface area (Å²) in [5.41, 5.74) is 2.62. The number of amides is 1. The number of fused-ring (bicyclic) bond motifs is 4. The number of nitrogens with one attached hydrogen (secondary N) is 1. The summed E-state index contributed by atoms with van der Waals surface area (Å²) < 4.78 is 6.96. The normalized spacial score (nSPS) is 16.9. The number of hydrogen-bond acceptors (Lipinski definition) is 8. The molecule has 2 aliphatic carbocycles. The first-order chi connectivity index (χ1) is 18.4. The van der Waals surface area contributed by atoms with Crippen LogP contribution >= 0.6 is 34.4 Å². The first-order valence-corrected chi connectivity index (χ1v) is 15.9. The number of rotatable bonds is 8. The molecule has 0 aliphatic heterocycles. The SMILES string of the molecule is C=CCn1c(SCC(=O)Nc2sc3c(c2C(=O)OCC)CCCCC3)nc2sc3c(c2c1=O)CCC(C)C3. The molecule has 1 N–H and O–H groups in total. The van der Waals surface area contributed by atoms with Gasteiger partial charge in [0.2, 0.25) is 5.91 Å². The van der Waals surface area contributed by atoms with Gasteiger partial charge in [-0.05, 0) is 68.9 Å². The van der Waals surface area contributed by atoms with E-state index < -0.39 is 0 Å². The molecule has 0 bridgehead atoms. The Labute approximate surface area is 234 Å². The molecule has 0 aromatic carbocycles. The lowest BCUT2D eigenvalue weighted by atomic mass is 9.89. The monoisotopic (exact) mass is 571 g/mol. The largest absolute Gasteiger partial charge is 0.462 e. The van der Waals surface area contributed by atoms with Gasteiger partial charge >= 0.3 is 5.97 Å². The van der Waals surface area contributed by atoms with Gasteiger partial charge in [-0.1, -0.05) is 31.2 Å². The fraction of sp³-hybridized carbons (Fsp3) is 0.500. The Morgan fingerprint density at radius 1 is 1.18 bits per heavy atom. The van der Waals surface area contributed by atoms with Gasteiger partial charge in [-0.15, -0.1) is 29.3 Å². The van der Waals surface area contributed by atoms with Crippen LogP contribution < -0.4 is 10.9 Å². The summed E-state index contributed by atoms with van der Waals surface area (Å²) in [7, 11) is 0. The summed E-state index contributed by atoms with van der Waals surface area (Å²) >= 11 is 4.33. The van der Waals surface area contributed by atoms with Gasteiger partial charge in [0.15, 0.2) is 5.16 Å². The van der Waals surface area contributed by atoms with Crippen LogP contribution in [0.5, 0.6) is 0 Å². The molecule has 0 saturated carbocycles. The van der Waals surface area contributed by atoms with Gasteiger partial charge in [-0.25, -0.2) is 9.78 Å². The number of allylic oxidation sites excluding steroid dienone is 1. The van der Waals surface area contributed by atoms with E-state index in [4.69, 9.17) is 9.72 Å². The molecule has 10 heteroatoms. The summed E-state index contributed by atoms with van der Waals surface area (Å²) in [6, 6.07) is 0. The smallest absolute Gasteiger partial charge is 0.341 e. The van der Waals surface area contributed by atoms with Crippen LogP contribution in [0.3, 0.4) is 0 Å². The van der Waals surface area contributed by atoms with E-state index in [0.29, 0.717) is 28.2 Å². The molecule has 0 saturated heterocycles. The van der Waals surface area contributed by atoms with Gasteiger partial charge in [0.05, 0.1) is 23.3 Å². The molecule has 3 aromatic rings. The van der Waals surface area contributed by atoms with Crippen LogP contribution in [0, 0.1) is 5.92 Å². The number of aromatic nitrogens is 2. The minimum Gasteiger partial charge on any atom is -0.462 e. The summed E-state index contributed by atoms with van der Waals surface area (Å²) in [6.07, 6.45) is 9.64. The second-order valence-corrected chi connectivity index (χ2v) is 13.1. The van der Waals surface area contributed by atoms with Crippen molar-refractivity contribution in [1.29, 1.82) is 0 Å². The number of hydrogen-bond donors (Lipinski definition) is 1. The van der Waals surface area contributed by atoms with E-state index in [1.54, 1.807) is 28.9 Å². The number of carbonyl (C=O) groups is 2. The van der Waals surface area contributed by atoms with Crippen LogP contribution in [0.4, 0.5) is 5.00 Å². The lowest BCUT2D eigenvalue weighted by molar-refractivity contribution is -0.113. The molecule has 3 heterocycles. The fourth-order valence-electron chi connectivity index (χ4n) is 5.35. The summed E-state index contributed by atoms with van der Waals surface area (Å²) in [5, 5.41) is 4.77. The molecule has 3 aromatic heterocycles. The zero-order chi connectivity index (χ0) is 26.8. The number of nitrogens with zero attached hydrogens (tertiary/aromatic N) is 2. The summed E-state index contributed by atoms with van der Waals surface area (Å²) in [4.78, 5) is 47.5. The maximum atomic E-state index is 13.5. The van der Waals surface area contributed by atoms with E-state index in [0.717, 1.165) is 77.6 Å². The standard InChI is InChI=1S/C28H33N3O4S3/c1-4-13-31-26(33)22-18-12-11-16(3)14-20(18)38-24(22)30-28(31)36-15-21(32)29-25-23(27(34)35-5-2)17-9-7-6-8-10-19(17)37-25/h4,16H,1,5-15H2,2-3H3,(H,29,32). The molecule has 1 amide bonds. The second-order valence-electron chi connectivity index (χ2n) is 9.96. The molecule has 2 aliphatic rings. The minimum atomic E-state index is -0.377. The third kappa shape index (κ3) is 5.35. The number of carbonyl (C=O) groups excluding carboxylic acids is 2. The molecule has 0 radical (unpaired) electrons. The van der Waals surface area contributed by atoms with Gasteiger partial charge in [-0.3, -0.25) is 14.2 Å². The third-order valence-electron chi connectivity index (χ3n) is 7.18. The zero-order valence-corrected chi connectivity index (χ0v) is 24.3. The van der Waals surface area contributed by atoms with Gasteiger partial charge < -0.3 is 10.1 Å². The van der Waals surface area contributed by atoms with Gasteiger partial charge in [0.25, 0.3) is 5.56 Å². The molecular weight excluding hydrogens is 539 g/mol. The Morgan fingerprint density at radius 3 is 2.79 bits per heavy atom. The number of thioether (sulfide) groups is 1. The molecule has 38 heavy (non-hydrogen) atoms. The number of anilines is 1. The Morgan fingerprint density at radius 2 is 2.00 bits per heavy atom. The van der Waals surface area contributed by atoms with Crippen molar-refractivity contribution < 1.29 is 14.3 Å². The quantitative estimate of drug-likeness (QED) is 0.117. The van der Waals surface area contributed by atoms with Crippen LogP contribution in [-0.4, -0.2) is 33.8 Å². The Kier molecular flexibility index (Phi) is 8.40. The van der Waals surface area contributed by atoms with E-state index >= 15 is 0 Å². The average molecular weight is 572 g/mol. The Hall–Kier alpha value is -2.43. The molecule has 0 fully saturated rings.